The van der Waals surface area contributed by atoms with Gasteiger partial charge in [-0.25, -0.2) is 0 Å². The van der Waals surface area contributed by atoms with Crippen molar-refractivity contribution in [2.45, 2.75) is 18.6 Å². The third kappa shape index (κ3) is 4.49. The van der Waals surface area contributed by atoms with E-state index in [0.717, 1.165) is 5.56 Å². The summed E-state index contributed by atoms with van der Waals surface area (Å²) < 4.78 is 11.2. The van der Waals surface area contributed by atoms with Gasteiger partial charge in [-0.2, -0.15) is 5.10 Å². The SMILES string of the molecule is CN(C)C(=O)CO[C@H]1CCOC[C@H]1NC(=O)c1[nH]nc(N)c1-c1ccccc1. The third-order valence-electron chi connectivity index (χ3n) is 4.61. The Morgan fingerprint density at radius 2 is 2.11 bits per heavy atom. The molecule has 2 heterocycles. The molecule has 9 heteroatoms. The van der Waals surface area contributed by atoms with Gasteiger partial charge in [0.05, 0.1) is 24.3 Å². The summed E-state index contributed by atoms with van der Waals surface area (Å²) in [4.78, 5) is 26.1. The van der Waals surface area contributed by atoms with Gasteiger partial charge in [0, 0.05) is 20.7 Å². The van der Waals surface area contributed by atoms with E-state index in [2.05, 4.69) is 15.5 Å². The topological polar surface area (TPSA) is 123 Å². The van der Waals surface area contributed by atoms with Gasteiger partial charge < -0.3 is 25.4 Å². The number of amides is 2. The van der Waals surface area contributed by atoms with E-state index in [1.54, 1.807) is 14.1 Å². The molecule has 9 nitrogen and oxygen atoms in total. The van der Waals surface area contributed by atoms with Crippen molar-refractivity contribution in [3.8, 4) is 11.1 Å². The monoisotopic (exact) mass is 387 g/mol. The maximum absolute atomic E-state index is 12.9. The number of nitrogen functional groups attached to an aromatic ring is 1. The molecule has 0 aliphatic carbocycles. The Bertz CT molecular complexity index is 821. The van der Waals surface area contributed by atoms with E-state index in [0.29, 0.717) is 25.2 Å². The second-order valence-corrected chi connectivity index (χ2v) is 6.81. The van der Waals surface area contributed by atoms with Crippen molar-refractivity contribution >= 4 is 17.6 Å². The predicted molar refractivity (Wildman–Crippen MR) is 104 cm³/mol. The van der Waals surface area contributed by atoms with Gasteiger partial charge in [0.2, 0.25) is 5.91 Å². The molecule has 2 atom stereocenters. The zero-order valence-electron chi connectivity index (χ0n) is 16.0. The van der Waals surface area contributed by atoms with Crippen molar-refractivity contribution in [2.24, 2.45) is 0 Å². The summed E-state index contributed by atoms with van der Waals surface area (Å²) in [6, 6.07) is 8.95. The lowest BCUT2D eigenvalue weighted by Gasteiger charge is -2.32. The number of ether oxygens (including phenoxy) is 2. The minimum Gasteiger partial charge on any atom is -0.382 e. The first-order valence-electron chi connectivity index (χ1n) is 9.07. The van der Waals surface area contributed by atoms with Gasteiger partial charge in [0.25, 0.3) is 5.91 Å². The van der Waals surface area contributed by atoms with E-state index in [4.69, 9.17) is 15.2 Å². The molecule has 0 saturated carbocycles. The lowest BCUT2D eigenvalue weighted by molar-refractivity contribution is -0.138. The normalized spacial score (nSPS) is 19.2. The number of nitrogens with zero attached hydrogens (tertiary/aromatic N) is 2. The van der Waals surface area contributed by atoms with Crippen LogP contribution in [0.25, 0.3) is 11.1 Å². The van der Waals surface area contributed by atoms with E-state index in [-0.39, 0.29) is 42.1 Å². The average Bonchev–Trinajstić information content (AvgIpc) is 3.09. The Kier molecular flexibility index (Phi) is 6.27. The minimum atomic E-state index is -0.385. The largest absolute Gasteiger partial charge is 0.382 e. The quantitative estimate of drug-likeness (QED) is 0.669. The van der Waals surface area contributed by atoms with Gasteiger partial charge in [-0.15, -0.1) is 0 Å². The van der Waals surface area contributed by atoms with Crippen LogP contribution in [-0.4, -0.2) is 73.0 Å². The van der Waals surface area contributed by atoms with E-state index >= 15 is 0 Å². The first kappa shape index (κ1) is 19.8. The van der Waals surface area contributed by atoms with Gasteiger partial charge in [-0.1, -0.05) is 30.3 Å². The summed E-state index contributed by atoms with van der Waals surface area (Å²) in [7, 11) is 3.34. The van der Waals surface area contributed by atoms with Crippen LogP contribution in [0.3, 0.4) is 0 Å². The number of hydrogen-bond donors (Lipinski definition) is 3. The number of nitrogens with two attached hydrogens (primary N) is 1. The van der Waals surface area contributed by atoms with Crippen LogP contribution in [0.1, 0.15) is 16.9 Å². The molecule has 1 aromatic carbocycles. The van der Waals surface area contributed by atoms with Gasteiger partial charge >= 0.3 is 0 Å². The first-order valence-corrected chi connectivity index (χ1v) is 9.07. The van der Waals surface area contributed by atoms with Crippen molar-refractivity contribution in [3.05, 3.63) is 36.0 Å². The molecule has 1 fully saturated rings. The summed E-state index contributed by atoms with van der Waals surface area (Å²) in [5, 5.41) is 9.62. The van der Waals surface area contributed by atoms with Gasteiger partial charge in [-0.05, 0) is 12.0 Å². The standard InChI is InChI=1S/C19H25N5O4/c1-24(2)15(25)11-28-14-8-9-27-10-13(14)21-19(26)17-16(18(20)23-22-17)12-6-4-3-5-7-12/h3-7,13-14H,8-11H2,1-2H3,(H,21,26)(H3,20,22,23)/t13-,14+/m1/s1. The van der Waals surface area contributed by atoms with Crippen molar-refractivity contribution in [2.75, 3.05) is 39.6 Å². The molecule has 28 heavy (non-hydrogen) atoms. The molecule has 2 amide bonds. The number of anilines is 1. The van der Waals surface area contributed by atoms with Crippen molar-refractivity contribution in [3.63, 3.8) is 0 Å². The molecular formula is C19H25N5O4. The van der Waals surface area contributed by atoms with Gasteiger partial charge in [0.15, 0.2) is 5.82 Å². The molecule has 1 aromatic heterocycles. The van der Waals surface area contributed by atoms with Crippen LogP contribution in [-0.2, 0) is 14.3 Å². The Morgan fingerprint density at radius 1 is 1.36 bits per heavy atom. The van der Waals surface area contributed by atoms with Crippen LogP contribution < -0.4 is 11.1 Å². The van der Waals surface area contributed by atoms with Crippen molar-refractivity contribution < 1.29 is 19.1 Å². The fourth-order valence-electron chi connectivity index (χ4n) is 3.02. The second kappa shape index (κ2) is 8.85. The molecule has 0 radical (unpaired) electrons. The molecule has 4 N–H and O–H groups in total. The maximum atomic E-state index is 12.9. The van der Waals surface area contributed by atoms with Crippen molar-refractivity contribution in [1.29, 1.82) is 0 Å². The highest BCUT2D eigenvalue weighted by Gasteiger charge is 2.30. The number of nitrogens with one attached hydrogen (secondary N) is 2. The van der Waals surface area contributed by atoms with E-state index in [1.807, 2.05) is 30.3 Å². The van der Waals surface area contributed by atoms with E-state index in [9.17, 15) is 9.59 Å². The number of benzene rings is 1. The van der Waals surface area contributed by atoms with Crippen LogP contribution in [0.2, 0.25) is 0 Å². The summed E-state index contributed by atoms with van der Waals surface area (Å²) in [6.07, 6.45) is 0.268. The zero-order valence-corrected chi connectivity index (χ0v) is 16.0. The lowest BCUT2D eigenvalue weighted by Crippen LogP contribution is -2.51. The molecule has 1 saturated heterocycles. The fraction of sp³-hybridized carbons (Fsp3) is 0.421. The number of likely N-dealkylation sites (N-methyl/N-ethyl adjacent to an activating group) is 1. The highest BCUT2D eigenvalue weighted by atomic mass is 16.5. The molecule has 2 aromatic rings. The Hall–Kier alpha value is -2.91. The number of hydrogen-bond acceptors (Lipinski definition) is 6. The maximum Gasteiger partial charge on any atom is 0.270 e. The van der Waals surface area contributed by atoms with Crippen LogP contribution in [0.4, 0.5) is 5.82 Å². The third-order valence-corrected chi connectivity index (χ3v) is 4.61. The van der Waals surface area contributed by atoms with Gasteiger partial charge in [0.1, 0.15) is 12.3 Å². The summed E-state index contributed by atoms with van der Waals surface area (Å²) in [6.45, 7) is 0.770. The average molecular weight is 387 g/mol. The van der Waals surface area contributed by atoms with Crippen LogP contribution in [0, 0.1) is 0 Å². The van der Waals surface area contributed by atoms with Crippen LogP contribution in [0.5, 0.6) is 0 Å². The number of carbonyl (C=O) groups excluding carboxylic acids is 2. The Morgan fingerprint density at radius 3 is 2.82 bits per heavy atom. The number of rotatable bonds is 6. The van der Waals surface area contributed by atoms with Crippen LogP contribution in [0.15, 0.2) is 30.3 Å². The number of carbonyl (C=O) groups is 2. The smallest absolute Gasteiger partial charge is 0.270 e. The summed E-state index contributed by atoms with van der Waals surface area (Å²) >= 11 is 0. The van der Waals surface area contributed by atoms with E-state index < -0.39 is 0 Å². The first-order chi connectivity index (χ1) is 13.5. The highest BCUT2D eigenvalue weighted by Crippen LogP contribution is 2.27. The molecule has 3 rings (SSSR count). The van der Waals surface area contributed by atoms with Crippen LogP contribution >= 0.6 is 0 Å². The molecule has 0 bridgehead atoms. The molecule has 0 spiro atoms. The highest BCUT2D eigenvalue weighted by molar-refractivity contribution is 6.01. The summed E-state index contributed by atoms with van der Waals surface area (Å²) in [5.41, 5.74) is 7.59. The second-order valence-electron chi connectivity index (χ2n) is 6.81. The zero-order chi connectivity index (χ0) is 20.1. The predicted octanol–water partition coefficient (Wildman–Crippen LogP) is 0.651. The molecular weight excluding hydrogens is 362 g/mol. The molecule has 0 unspecified atom stereocenters. The molecule has 150 valence electrons. The molecule has 1 aliphatic rings. The van der Waals surface area contributed by atoms with Gasteiger partial charge in [-0.3, -0.25) is 14.7 Å². The van der Waals surface area contributed by atoms with E-state index in [1.165, 1.54) is 4.90 Å². The number of aromatic amines is 1. The fourth-order valence-corrected chi connectivity index (χ4v) is 3.02. The van der Waals surface area contributed by atoms with Crippen molar-refractivity contribution in [1.82, 2.24) is 20.4 Å². The Balaban J connectivity index is 1.72. The number of H-pyrrole nitrogens is 1. The Labute approximate surface area is 163 Å². The lowest BCUT2D eigenvalue weighted by atomic mass is 10.0. The molecule has 1 aliphatic heterocycles. The summed E-state index contributed by atoms with van der Waals surface area (Å²) in [5.74, 6) is -0.240. The number of aromatic nitrogens is 2. The minimum absolute atomic E-state index is 0.0453.